The number of nitro groups is 1. The molecule has 0 aliphatic heterocycles. The van der Waals surface area contributed by atoms with E-state index in [1.807, 2.05) is 0 Å². The summed E-state index contributed by atoms with van der Waals surface area (Å²) in [7, 11) is 1.58. The molecule has 122 valence electrons. The van der Waals surface area contributed by atoms with Crippen molar-refractivity contribution in [3.8, 4) is 0 Å². The SMILES string of the molecule is Cc1ccc([N+](=O)[O-])cc1C(=O)Nc1ccc2c(c1)oc(=O)n2C. The molecule has 3 rings (SSSR count). The van der Waals surface area contributed by atoms with E-state index in [1.165, 1.54) is 28.8 Å². The summed E-state index contributed by atoms with van der Waals surface area (Å²) in [6.07, 6.45) is 0. The highest BCUT2D eigenvalue weighted by molar-refractivity contribution is 6.06. The second-order valence-corrected chi connectivity index (χ2v) is 5.32. The molecular weight excluding hydrogens is 314 g/mol. The van der Waals surface area contributed by atoms with Crippen LogP contribution in [0, 0.1) is 17.0 Å². The van der Waals surface area contributed by atoms with E-state index in [2.05, 4.69) is 5.32 Å². The third kappa shape index (κ3) is 2.65. The smallest absolute Gasteiger partial charge is 0.408 e. The third-order valence-electron chi connectivity index (χ3n) is 3.73. The number of non-ortho nitro benzene ring substituents is 1. The molecule has 0 saturated carbocycles. The fraction of sp³-hybridized carbons (Fsp3) is 0.125. The van der Waals surface area contributed by atoms with Crippen LogP contribution in [0.15, 0.2) is 45.6 Å². The first kappa shape index (κ1) is 15.5. The number of rotatable bonds is 3. The van der Waals surface area contributed by atoms with E-state index in [4.69, 9.17) is 4.42 Å². The normalized spacial score (nSPS) is 10.8. The van der Waals surface area contributed by atoms with Crippen molar-refractivity contribution in [1.82, 2.24) is 4.57 Å². The van der Waals surface area contributed by atoms with Gasteiger partial charge in [0.2, 0.25) is 0 Å². The molecule has 1 heterocycles. The number of amides is 1. The van der Waals surface area contributed by atoms with Crippen LogP contribution in [0.5, 0.6) is 0 Å². The van der Waals surface area contributed by atoms with E-state index < -0.39 is 16.6 Å². The fourth-order valence-corrected chi connectivity index (χ4v) is 2.38. The Morgan fingerprint density at radius 1 is 1.25 bits per heavy atom. The van der Waals surface area contributed by atoms with Crippen LogP contribution in [0.4, 0.5) is 11.4 Å². The van der Waals surface area contributed by atoms with Crippen molar-refractivity contribution in [3.63, 3.8) is 0 Å². The molecule has 8 nitrogen and oxygen atoms in total. The summed E-state index contributed by atoms with van der Waals surface area (Å²) >= 11 is 0. The van der Waals surface area contributed by atoms with Crippen molar-refractivity contribution in [2.24, 2.45) is 7.05 Å². The summed E-state index contributed by atoms with van der Waals surface area (Å²) in [5, 5.41) is 13.5. The van der Waals surface area contributed by atoms with Crippen LogP contribution < -0.4 is 11.1 Å². The van der Waals surface area contributed by atoms with Crippen molar-refractivity contribution < 1.29 is 14.1 Å². The zero-order valence-electron chi connectivity index (χ0n) is 12.9. The summed E-state index contributed by atoms with van der Waals surface area (Å²) in [5.41, 5.74) is 2.04. The number of hydrogen-bond donors (Lipinski definition) is 1. The number of carbonyl (C=O) groups excluding carboxylic acids is 1. The molecule has 24 heavy (non-hydrogen) atoms. The topological polar surface area (TPSA) is 107 Å². The molecule has 1 amide bonds. The van der Waals surface area contributed by atoms with Gasteiger partial charge in [-0.05, 0) is 24.6 Å². The minimum Gasteiger partial charge on any atom is -0.408 e. The predicted molar refractivity (Wildman–Crippen MR) is 87.2 cm³/mol. The molecule has 0 fully saturated rings. The largest absolute Gasteiger partial charge is 0.419 e. The number of oxazole rings is 1. The molecular formula is C16H13N3O5. The Morgan fingerprint density at radius 2 is 2.00 bits per heavy atom. The van der Waals surface area contributed by atoms with Crippen molar-refractivity contribution >= 4 is 28.4 Å². The molecule has 0 bridgehead atoms. The van der Waals surface area contributed by atoms with Crippen LogP contribution in [-0.2, 0) is 7.05 Å². The molecule has 2 aromatic carbocycles. The van der Waals surface area contributed by atoms with Crippen LogP contribution >= 0.6 is 0 Å². The average molecular weight is 327 g/mol. The van der Waals surface area contributed by atoms with Crippen molar-refractivity contribution in [3.05, 3.63) is 68.2 Å². The van der Waals surface area contributed by atoms with Gasteiger partial charge in [-0.15, -0.1) is 0 Å². The number of fused-ring (bicyclic) bond motifs is 1. The highest BCUT2D eigenvalue weighted by Crippen LogP contribution is 2.21. The van der Waals surface area contributed by atoms with Gasteiger partial charge < -0.3 is 9.73 Å². The van der Waals surface area contributed by atoms with Gasteiger partial charge in [0, 0.05) is 36.5 Å². The minimum absolute atomic E-state index is 0.157. The lowest BCUT2D eigenvalue weighted by atomic mass is 10.1. The van der Waals surface area contributed by atoms with Crippen molar-refractivity contribution in [1.29, 1.82) is 0 Å². The molecule has 0 atom stereocenters. The van der Waals surface area contributed by atoms with Crippen molar-refractivity contribution in [2.75, 3.05) is 5.32 Å². The Hall–Kier alpha value is -3.42. The zero-order valence-corrected chi connectivity index (χ0v) is 12.9. The molecule has 0 spiro atoms. The molecule has 0 aliphatic carbocycles. The van der Waals surface area contributed by atoms with E-state index in [-0.39, 0.29) is 11.3 Å². The molecule has 0 aliphatic rings. The van der Waals surface area contributed by atoms with Crippen LogP contribution in [0.2, 0.25) is 0 Å². The Labute approximate surface area is 135 Å². The van der Waals surface area contributed by atoms with Gasteiger partial charge in [-0.25, -0.2) is 4.79 Å². The first-order chi connectivity index (χ1) is 11.4. The average Bonchev–Trinajstić information content (AvgIpc) is 2.81. The fourth-order valence-electron chi connectivity index (χ4n) is 2.38. The van der Waals surface area contributed by atoms with Gasteiger partial charge in [-0.2, -0.15) is 0 Å². The number of anilines is 1. The highest BCUT2D eigenvalue weighted by Gasteiger charge is 2.15. The molecule has 0 radical (unpaired) electrons. The number of nitro benzene ring substituents is 1. The first-order valence-corrected chi connectivity index (χ1v) is 7.03. The van der Waals surface area contributed by atoms with Crippen LogP contribution in [0.3, 0.4) is 0 Å². The third-order valence-corrected chi connectivity index (χ3v) is 3.73. The Balaban J connectivity index is 1.94. The predicted octanol–water partition coefficient (Wildman–Crippen LogP) is 2.60. The molecule has 1 N–H and O–H groups in total. The lowest BCUT2D eigenvalue weighted by molar-refractivity contribution is -0.384. The number of hydrogen-bond acceptors (Lipinski definition) is 5. The number of aromatic nitrogens is 1. The second kappa shape index (κ2) is 5.65. The summed E-state index contributed by atoms with van der Waals surface area (Å²) in [5.74, 6) is -0.975. The number of nitrogens with one attached hydrogen (secondary N) is 1. The van der Waals surface area contributed by atoms with E-state index >= 15 is 0 Å². The lowest BCUT2D eigenvalue weighted by Gasteiger charge is -2.07. The van der Waals surface area contributed by atoms with Gasteiger partial charge in [-0.1, -0.05) is 6.07 Å². The Kier molecular flexibility index (Phi) is 3.64. The molecule has 0 unspecified atom stereocenters. The maximum atomic E-state index is 12.4. The summed E-state index contributed by atoms with van der Waals surface area (Å²) in [6.45, 7) is 1.69. The molecule has 8 heteroatoms. The minimum atomic E-state index is -0.555. The van der Waals surface area contributed by atoms with E-state index in [9.17, 15) is 19.7 Å². The van der Waals surface area contributed by atoms with Gasteiger partial charge >= 0.3 is 5.76 Å². The number of carbonyl (C=O) groups is 1. The Bertz CT molecular complexity index is 1030. The standard InChI is InChI=1S/C16H13N3O5/c1-9-3-5-11(19(22)23)8-12(9)15(20)17-10-4-6-13-14(7-10)24-16(21)18(13)2/h3-8H,1-2H3,(H,17,20). The Morgan fingerprint density at radius 3 is 2.71 bits per heavy atom. The number of aryl methyl sites for hydroxylation is 2. The van der Waals surface area contributed by atoms with Gasteiger partial charge in [0.05, 0.1) is 10.4 Å². The zero-order chi connectivity index (χ0) is 17.4. The van der Waals surface area contributed by atoms with Crippen LogP contribution in [0.25, 0.3) is 11.1 Å². The van der Waals surface area contributed by atoms with E-state index in [1.54, 1.807) is 26.1 Å². The van der Waals surface area contributed by atoms with Crippen molar-refractivity contribution in [2.45, 2.75) is 6.92 Å². The van der Waals surface area contributed by atoms with E-state index in [0.29, 0.717) is 22.4 Å². The van der Waals surface area contributed by atoms with E-state index in [0.717, 1.165) is 0 Å². The monoisotopic (exact) mass is 327 g/mol. The van der Waals surface area contributed by atoms with Gasteiger partial charge in [0.1, 0.15) is 0 Å². The van der Waals surface area contributed by atoms with Gasteiger partial charge in [-0.3, -0.25) is 19.5 Å². The second-order valence-electron chi connectivity index (χ2n) is 5.32. The van der Waals surface area contributed by atoms with Crippen LogP contribution in [-0.4, -0.2) is 15.4 Å². The maximum absolute atomic E-state index is 12.4. The molecule has 1 aromatic heterocycles. The summed E-state index contributed by atoms with van der Waals surface area (Å²) in [4.78, 5) is 34.2. The summed E-state index contributed by atoms with van der Waals surface area (Å²) < 4.78 is 6.42. The lowest BCUT2D eigenvalue weighted by Crippen LogP contribution is -2.13. The number of nitrogens with zero attached hydrogens (tertiary/aromatic N) is 2. The van der Waals surface area contributed by atoms with Crippen LogP contribution in [0.1, 0.15) is 15.9 Å². The molecule has 3 aromatic rings. The maximum Gasteiger partial charge on any atom is 0.419 e. The van der Waals surface area contributed by atoms with Gasteiger partial charge in [0.25, 0.3) is 11.6 Å². The van der Waals surface area contributed by atoms with Gasteiger partial charge in [0.15, 0.2) is 5.58 Å². The first-order valence-electron chi connectivity index (χ1n) is 7.03. The quantitative estimate of drug-likeness (QED) is 0.587. The highest BCUT2D eigenvalue weighted by atomic mass is 16.6. The molecule has 0 saturated heterocycles. The number of benzene rings is 2. The summed E-state index contributed by atoms with van der Waals surface area (Å²) in [6, 6.07) is 8.90.